The summed E-state index contributed by atoms with van der Waals surface area (Å²) in [6.45, 7) is 22.6. The topological polar surface area (TPSA) is 57.0 Å². The van der Waals surface area contributed by atoms with Gasteiger partial charge >= 0.3 is 0 Å². The molecule has 0 aliphatic rings. The van der Waals surface area contributed by atoms with Crippen LogP contribution < -0.4 is 0 Å². The molecule has 7 aromatic carbocycles. The zero-order valence-corrected chi connectivity index (χ0v) is 43.0. The Morgan fingerprint density at radius 3 is 1.96 bits per heavy atom. The SMILES string of the molecule is CC(C)(C)c1ccnc(-c2[c-]cccc2)c1.CC(C)c1cc(-c2ccccc2)cc(C(C)C)c1-n1c(-c2[c-]cc(C(C)(C)C)c3c2oc2cc4oc5ccccc5c4cc23)nc2ccccc21.[Ir]. The van der Waals surface area contributed by atoms with Crippen LogP contribution in [0.2, 0.25) is 0 Å². The third-order valence-corrected chi connectivity index (χ3v) is 13.0. The summed E-state index contributed by atoms with van der Waals surface area (Å²) in [5, 5.41) is 4.37. The molecule has 11 rings (SSSR count). The predicted octanol–water partition coefficient (Wildman–Crippen LogP) is 17.3. The molecule has 0 bridgehead atoms. The van der Waals surface area contributed by atoms with Crippen molar-refractivity contribution in [3.63, 3.8) is 0 Å². The molecular weight excluding hydrogens is 1010 g/mol. The van der Waals surface area contributed by atoms with Crippen molar-refractivity contribution in [2.45, 2.75) is 91.9 Å². The molecule has 68 heavy (non-hydrogen) atoms. The molecule has 0 saturated carbocycles. The van der Waals surface area contributed by atoms with Crippen LogP contribution >= 0.6 is 0 Å². The van der Waals surface area contributed by atoms with E-state index in [0.29, 0.717) is 0 Å². The van der Waals surface area contributed by atoms with Crippen molar-refractivity contribution in [1.29, 1.82) is 0 Å². The molecule has 4 heterocycles. The molecule has 0 N–H and O–H groups in total. The van der Waals surface area contributed by atoms with Gasteiger partial charge in [0.05, 0.1) is 22.4 Å². The molecule has 0 atom stereocenters. The summed E-state index contributed by atoms with van der Waals surface area (Å²) >= 11 is 0. The van der Waals surface area contributed by atoms with E-state index in [1.165, 1.54) is 39.1 Å². The van der Waals surface area contributed by atoms with Crippen molar-refractivity contribution >= 4 is 54.9 Å². The molecule has 0 spiro atoms. The molecule has 0 aliphatic carbocycles. The minimum atomic E-state index is -0.152. The van der Waals surface area contributed by atoms with Crippen LogP contribution in [0, 0.1) is 12.1 Å². The zero-order valence-electron chi connectivity index (χ0n) is 40.6. The Hall–Kier alpha value is -6.59. The second-order valence-electron chi connectivity index (χ2n) is 20.5. The molecule has 5 nitrogen and oxygen atoms in total. The Bertz CT molecular complexity index is 3570. The molecule has 343 valence electrons. The van der Waals surface area contributed by atoms with E-state index in [-0.39, 0.29) is 42.8 Å². The summed E-state index contributed by atoms with van der Waals surface area (Å²) in [6.07, 6.45) is 1.87. The van der Waals surface area contributed by atoms with Crippen LogP contribution in [0.1, 0.15) is 103 Å². The van der Waals surface area contributed by atoms with E-state index < -0.39 is 0 Å². The van der Waals surface area contributed by atoms with Gasteiger partial charge in [0.15, 0.2) is 0 Å². The number of nitrogens with zero attached hydrogens (tertiary/aromatic N) is 3. The van der Waals surface area contributed by atoms with Gasteiger partial charge in [0, 0.05) is 54.2 Å². The second kappa shape index (κ2) is 18.1. The summed E-state index contributed by atoms with van der Waals surface area (Å²) in [5.74, 6) is 1.35. The summed E-state index contributed by atoms with van der Waals surface area (Å²) in [5.41, 5.74) is 16.9. The molecular formula is C62H57IrN3O2-2. The number of hydrogen-bond donors (Lipinski definition) is 0. The van der Waals surface area contributed by atoms with E-state index in [4.69, 9.17) is 13.8 Å². The van der Waals surface area contributed by atoms with Gasteiger partial charge in [0.1, 0.15) is 16.7 Å². The molecule has 0 aliphatic heterocycles. The standard InChI is InChI=1S/C47H41N2O2.C15H16N.Ir/c1-27(2)33-23-30(29-15-9-8-10-16-29)24-34(28(3)4)44(33)49-39-19-13-12-18-38(39)48-46(49)32-21-22-37(47(5,6)7)43-36-25-35-31-17-11-14-20-40(31)50-41(35)26-42(36)51-45(32)43;1-15(2,3)13-9-10-16-14(11-13)12-7-5-4-6-8-12;/h8-20,22-28H,1-7H3;4-7,9-11H,1-3H3;/q2*-1;. The Balaban J connectivity index is 0.000000289. The maximum atomic E-state index is 6.95. The summed E-state index contributed by atoms with van der Waals surface area (Å²) in [6, 6.07) is 57.7. The van der Waals surface area contributed by atoms with E-state index in [2.05, 4.69) is 200 Å². The van der Waals surface area contributed by atoms with E-state index in [9.17, 15) is 0 Å². The van der Waals surface area contributed by atoms with Crippen molar-refractivity contribution in [3.05, 3.63) is 186 Å². The third-order valence-electron chi connectivity index (χ3n) is 13.0. The number of aromatic nitrogens is 3. The fraction of sp³-hybridized carbons (Fsp3) is 0.226. The van der Waals surface area contributed by atoms with Gasteiger partial charge in [-0.3, -0.25) is 4.98 Å². The quantitative estimate of drug-likeness (QED) is 0.156. The Labute approximate surface area is 413 Å². The van der Waals surface area contributed by atoms with Gasteiger partial charge < -0.3 is 18.4 Å². The first-order valence-corrected chi connectivity index (χ1v) is 23.5. The average molecular weight is 1070 g/mol. The number of pyridine rings is 1. The number of fused-ring (bicyclic) bond motifs is 7. The first kappa shape index (κ1) is 46.5. The van der Waals surface area contributed by atoms with Crippen molar-refractivity contribution in [2.24, 2.45) is 0 Å². The molecule has 6 heteroatoms. The van der Waals surface area contributed by atoms with Gasteiger partial charge in [-0.05, 0) is 98.6 Å². The summed E-state index contributed by atoms with van der Waals surface area (Å²) in [4.78, 5) is 9.78. The largest absolute Gasteiger partial charge is 0.500 e. The number of benzene rings is 7. The minimum Gasteiger partial charge on any atom is -0.500 e. The van der Waals surface area contributed by atoms with Crippen molar-refractivity contribution in [2.75, 3.05) is 0 Å². The number of furan rings is 2. The van der Waals surface area contributed by atoms with E-state index in [1.54, 1.807) is 0 Å². The van der Waals surface area contributed by atoms with E-state index >= 15 is 0 Å². The average Bonchev–Trinajstić information content (AvgIpc) is 4.01. The number of para-hydroxylation sites is 3. The first-order chi connectivity index (χ1) is 32.2. The Morgan fingerprint density at radius 1 is 0.588 bits per heavy atom. The first-order valence-electron chi connectivity index (χ1n) is 23.5. The molecule has 0 fully saturated rings. The molecule has 11 aromatic rings. The van der Waals surface area contributed by atoms with Gasteiger partial charge in [0.2, 0.25) is 0 Å². The fourth-order valence-corrected chi connectivity index (χ4v) is 9.43. The van der Waals surface area contributed by atoms with Crippen molar-refractivity contribution < 1.29 is 28.9 Å². The maximum absolute atomic E-state index is 6.95. The smallest absolute Gasteiger partial charge is 0.139 e. The van der Waals surface area contributed by atoms with Crippen LogP contribution in [-0.2, 0) is 30.9 Å². The third kappa shape index (κ3) is 8.50. The summed E-state index contributed by atoms with van der Waals surface area (Å²) < 4.78 is 15.6. The van der Waals surface area contributed by atoms with Crippen LogP contribution in [0.3, 0.4) is 0 Å². The predicted molar refractivity (Wildman–Crippen MR) is 279 cm³/mol. The van der Waals surface area contributed by atoms with Gasteiger partial charge in [0.25, 0.3) is 0 Å². The Kier molecular flexibility index (Phi) is 12.4. The van der Waals surface area contributed by atoms with Gasteiger partial charge in [-0.2, -0.15) is 0 Å². The van der Waals surface area contributed by atoms with Crippen LogP contribution in [-0.4, -0.2) is 14.5 Å². The molecule has 0 saturated heterocycles. The van der Waals surface area contributed by atoms with Crippen LogP contribution in [0.5, 0.6) is 0 Å². The number of hydrogen-bond acceptors (Lipinski definition) is 4. The fourth-order valence-electron chi connectivity index (χ4n) is 9.43. The maximum Gasteiger partial charge on any atom is 0.139 e. The normalized spacial score (nSPS) is 12.1. The number of rotatable bonds is 6. The minimum absolute atomic E-state index is 0. The van der Waals surface area contributed by atoms with Gasteiger partial charge in [-0.15, -0.1) is 53.6 Å². The molecule has 4 aromatic heterocycles. The van der Waals surface area contributed by atoms with Crippen LogP contribution in [0.25, 0.3) is 94.4 Å². The zero-order chi connectivity index (χ0) is 46.8. The molecule has 0 amide bonds. The van der Waals surface area contributed by atoms with Crippen molar-refractivity contribution in [1.82, 2.24) is 14.5 Å². The van der Waals surface area contributed by atoms with E-state index in [1.807, 2.05) is 42.6 Å². The number of imidazole rings is 1. The molecule has 0 unspecified atom stereocenters. The molecule has 1 radical (unpaired) electrons. The Morgan fingerprint density at radius 2 is 1.26 bits per heavy atom. The van der Waals surface area contributed by atoms with Crippen molar-refractivity contribution in [3.8, 4) is 39.5 Å². The monoisotopic (exact) mass is 1070 g/mol. The summed E-state index contributed by atoms with van der Waals surface area (Å²) in [7, 11) is 0. The van der Waals surface area contributed by atoms with Crippen LogP contribution in [0.4, 0.5) is 0 Å². The van der Waals surface area contributed by atoms with Crippen LogP contribution in [0.15, 0.2) is 161 Å². The second-order valence-corrected chi connectivity index (χ2v) is 20.5. The van der Waals surface area contributed by atoms with E-state index in [0.717, 1.165) is 77.6 Å². The van der Waals surface area contributed by atoms with Gasteiger partial charge in [-0.1, -0.05) is 147 Å². The van der Waals surface area contributed by atoms with Gasteiger partial charge in [-0.25, -0.2) is 0 Å².